The van der Waals surface area contributed by atoms with Crippen LogP contribution in [-0.4, -0.2) is 39.6 Å². The van der Waals surface area contributed by atoms with Crippen LogP contribution in [0.5, 0.6) is 0 Å². The highest BCUT2D eigenvalue weighted by Crippen LogP contribution is 2.26. The third-order valence-electron chi connectivity index (χ3n) is 4.39. The second-order valence-corrected chi connectivity index (χ2v) is 8.23. The van der Waals surface area contributed by atoms with Crippen molar-refractivity contribution in [2.24, 2.45) is 0 Å². The van der Waals surface area contributed by atoms with Gasteiger partial charge in [-0.3, -0.25) is 14.9 Å². The Kier molecular flexibility index (Phi) is 8.41. The Morgan fingerprint density at radius 3 is 2.62 bits per heavy atom. The second-order valence-electron chi connectivity index (χ2n) is 6.88. The summed E-state index contributed by atoms with van der Waals surface area (Å²) < 4.78 is 0. The molecule has 1 aromatic heterocycles. The van der Waals surface area contributed by atoms with Gasteiger partial charge in [0.05, 0.1) is 27.1 Å². The van der Waals surface area contributed by atoms with E-state index >= 15 is 0 Å². The number of aryl methyl sites for hydroxylation is 1. The van der Waals surface area contributed by atoms with Gasteiger partial charge >= 0.3 is 0 Å². The maximum Gasteiger partial charge on any atom is 0.271 e. The molecule has 1 amide bonds. The fourth-order valence-electron chi connectivity index (χ4n) is 2.84. The minimum Gasteiger partial charge on any atom is -0.384 e. The van der Waals surface area contributed by atoms with Gasteiger partial charge in [0.25, 0.3) is 5.69 Å². The standard InChI is InChI=1S/C22H22ClN5O3S/c1-15-12-20(16-6-3-2-4-7-16)27-22(26-15)32-14-21(29)25-11-5-10-24-19-9-8-17(28(30)31)13-18(19)23/h2-4,6-9,12-13,24H,5,10-11,14H2,1H3,(H,25,29). The van der Waals surface area contributed by atoms with Gasteiger partial charge in [-0.05, 0) is 25.5 Å². The summed E-state index contributed by atoms with van der Waals surface area (Å²) in [6.45, 7) is 2.95. The number of nitro benzene ring substituents is 1. The molecule has 0 saturated carbocycles. The first-order valence-corrected chi connectivity index (χ1v) is 11.3. The summed E-state index contributed by atoms with van der Waals surface area (Å²) in [6.07, 6.45) is 0.669. The van der Waals surface area contributed by atoms with Crippen LogP contribution in [0.3, 0.4) is 0 Å². The maximum absolute atomic E-state index is 12.2. The number of carbonyl (C=O) groups is 1. The van der Waals surface area contributed by atoms with Crippen molar-refractivity contribution in [3.05, 3.63) is 75.4 Å². The third kappa shape index (κ3) is 6.93. The van der Waals surface area contributed by atoms with E-state index in [2.05, 4.69) is 20.6 Å². The molecule has 1 heterocycles. The van der Waals surface area contributed by atoms with E-state index in [9.17, 15) is 14.9 Å². The van der Waals surface area contributed by atoms with E-state index in [0.29, 0.717) is 30.4 Å². The van der Waals surface area contributed by atoms with Crippen molar-refractivity contribution in [3.8, 4) is 11.3 Å². The minimum absolute atomic E-state index is 0.0567. The molecule has 0 aliphatic carbocycles. The molecule has 32 heavy (non-hydrogen) atoms. The molecule has 0 aliphatic heterocycles. The highest BCUT2D eigenvalue weighted by Gasteiger charge is 2.10. The predicted octanol–water partition coefficient (Wildman–Crippen LogP) is 4.72. The molecule has 3 aromatic rings. The zero-order valence-electron chi connectivity index (χ0n) is 17.4. The van der Waals surface area contributed by atoms with Crippen LogP contribution in [0.1, 0.15) is 12.1 Å². The van der Waals surface area contributed by atoms with Gasteiger partial charge < -0.3 is 10.6 Å². The highest BCUT2D eigenvalue weighted by molar-refractivity contribution is 7.99. The molecule has 0 radical (unpaired) electrons. The van der Waals surface area contributed by atoms with Gasteiger partial charge in [0.1, 0.15) is 0 Å². The highest BCUT2D eigenvalue weighted by atomic mass is 35.5. The molecule has 10 heteroatoms. The lowest BCUT2D eigenvalue weighted by Gasteiger charge is -2.09. The molecule has 0 fully saturated rings. The Hall–Kier alpha value is -3.17. The lowest BCUT2D eigenvalue weighted by Crippen LogP contribution is -2.27. The number of anilines is 1. The largest absolute Gasteiger partial charge is 0.384 e. The molecule has 0 spiro atoms. The van der Waals surface area contributed by atoms with Crippen molar-refractivity contribution in [3.63, 3.8) is 0 Å². The number of carbonyl (C=O) groups excluding carboxylic acids is 1. The topological polar surface area (TPSA) is 110 Å². The average Bonchev–Trinajstić information content (AvgIpc) is 2.78. The first-order valence-electron chi connectivity index (χ1n) is 9.91. The van der Waals surface area contributed by atoms with Crippen molar-refractivity contribution in [2.45, 2.75) is 18.5 Å². The quantitative estimate of drug-likeness (QED) is 0.145. The number of amides is 1. The number of rotatable bonds is 10. The molecular weight excluding hydrogens is 450 g/mol. The summed E-state index contributed by atoms with van der Waals surface area (Å²) in [5.41, 5.74) is 3.24. The molecule has 0 atom stereocenters. The number of nitro groups is 1. The number of thioether (sulfide) groups is 1. The van der Waals surface area contributed by atoms with Gasteiger partial charge in [0, 0.05) is 36.5 Å². The molecule has 0 bridgehead atoms. The van der Waals surface area contributed by atoms with Crippen LogP contribution in [0.4, 0.5) is 11.4 Å². The van der Waals surface area contributed by atoms with Crippen molar-refractivity contribution in [1.82, 2.24) is 15.3 Å². The summed E-state index contributed by atoms with van der Waals surface area (Å²) >= 11 is 7.34. The first kappa shape index (κ1) is 23.5. The number of hydrogen-bond acceptors (Lipinski definition) is 7. The molecule has 3 rings (SSSR count). The van der Waals surface area contributed by atoms with E-state index in [1.165, 1.54) is 23.9 Å². The number of benzene rings is 2. The van der Waals surface area contributed by atoms with Crippen molar-refractivity contribution in [2.75, 3.05) is 24.2 Å². The number of non-ortho nitro benzene ring substituents is 1. The fraction of sp³-hybridized carbons (Fsp3) is 0.227. The number of halogens is 1. The third-order valence-corrected chi connectivity index (χ3v) is 5.55. The van der Waals surface area contributed by atoms with Crippen LogP contribution in [0.25, 0.3) is 11.3 Å². The lowest BCUT2D eigenvalue weighted by atomic mass is 10.1. The van der Waals surface area contributed by atoms with Gasteiger partial charge in [0.15, 0.2) is 5.16 Å². The first-order chi connectivity index (χ1) is 15.4. The second kappa shape index (κ2) is 11.4. The zero-order valence-corrected chi connectivity index (χ0v) is 18.9. The van der Waals surface area contributed by atoms with Crippen LogP contribution < -0.4 is 10.6 Å². The Morgan fingerprint density at radius 1 is 1.12 bits per heavy atom. The van der Waals surface area contributed by atoms with Gasteiger partial charge in [-0.15, -0.1) is 0 Å². The monoisotopic (exact) mass is 471 g/mol. The van der Waals surface area contributed by atoms with E-state index in [-0.39, 0.29) is 22.4 Å². The van der Waals surface area contributed by atoms with E-state index in [1.807, 2.05) is 43.3 Å². The smallest absolute Gasteiger partial charge is 0.271 e. The van der Waals surface area contributed by atoms with Crippen LogP contribution in [0.2, 0.25) is 5.02 Å². The predicted molar refractivity (Wildman–Crippen MR) is 127 cm³/mol. The summed E-state index contributed by atoms with van der Waals surface area (Å²) in [5, 5.41) is 17.6. The summed E-state index contributed by atoms with van der Waals surface area (Å²) in [5.74, 6) is 0.119. The fourth-order valence-corrected chi connectivity index (χ4v) is 3.82. The minimum atomic E-state index is -0.493. The van der Waals surface area contributed by atoms with Gasteiger partial charge in [0.2, 0.25) is 5.91 Å². The maximum atomic E-state index is 12.2. The Labute approximate surface area is 195 Å². The van der Waals surface area contributed by atoms with Crippen LogP contribution in [-0.2, 0) is 4.79 Å². The molecule has 166 valence electrons. The number of nitrogens with zero attached hydrogens (tertiary/aromatic N) is 3. The summed E-state index contributed by atoms with van der Waals surface area (Å²) in [7, 11) is 0. The number of nitrogens with one attached hydrogen (secondary N) is 2. The molecule has 2 aromatic carbocycles. The number of aromatic nitrogens is 2. The van der Waals surface area contributed by atoms with E-state index in [1.54, 1.807) is 6.07 Å². The average molecular weight is 472 g/mol. The zero-order chi connectivity index (χ0) is 22.9. The molecule has 8 nitrogen and oxygen atoms in total. The van der Waals surface area contributed by atoms with Crippen LogP contribution in [0, 0.1) is 17.0 Å². The molecule has 0 saturated heterocycles. The SMILES string of the molecule is Cc1cc(-c2ccccc2)nc(SCC(=O)NCCCNc2ccc([N+](=O)[O-])cc2Cl)n1. The Morgan fingerprint density at radius 2 is 1.91 bits per heavy atom. The Balaban J connectivity index is 1.40. The van der Waals surface area contributed by atoms with Gasteiger partial charge in [-0.1, -0.05) is 53.7 Å². The van der Waals surface area contributed by atoms with E-state index in [4.69, 9.17) is 11.6 Å². The molecule has 0 unspecified atom stereocenters. The van der Waals surface area contributed by atoms with Crippen LogP contribution >= 0.6 is 23.4 Å². The van der Waals surface area contributed by atoms with E-state index in [0.717, 1.165) is 17.0 Å². The summed E-state index contributed by atoms with van der Waals surface area (Å²) in [6, 6.07) is 16.0. The van der Waals surface area contributed by atoms with Crippen molar-refractivity contribution >= 4 is 40.6 Å². The van der Waals surface area contributed by atoms with Crippen molar-refractivity contribution < 1.29 is 9.72 Å². The van der Waals surface area contributed by atoms with E-state index < -0.39 is 4.92 Å². The molecule has 0 aliphatic rings. The number of hydrogen-bond donors (Lipinski definition) is 2. The van der Waals surface area contributed by atoms with Crippen LogP contribution in [0.15, 0.2) is 59.8 Å². The normalized spacial score (nSPS) is 10.6. The summed E-state index contributed by atoms with van der Waals surface area (Å²) in [4.78, 5) is 31.4. The lowest BCUT2D eigenvalue weighted by molar-refractivity contribution is -0.384. The van der Waals surface area contributed by atoms with Gasteiger partial charge in [-0.2, -0.15) is 0 Å². The molecular formula is C22H22ClN5O3S. The van der Waals surface area contributed by atoms with Gasteiger partial charge in [-0.25, -0.2) is 9.97 Å². The molecule has 2 N–H and O–H groups in total. The van der Waals surface area contributed by atoms with Crippen molar-refractivity contribution in [1.29, 1.82) is 0 Å². The Bertz CT molecular complexity index is 1100.